The lowest BCUT2D eigenvalue weighted by Crippen LogP contribution is -2.37. The van der Waals surface area contributed by atoms with E-state index in [0.717, 1.165) is 19.3 Å². The Balaban J connectivity index is 1.97. The highest BCUT2D eigenvalue weighted by Gasteiger charge is 2.43. The summed E-state index contributed by atoms with van der Waals surface area (Å²) in [7, 11) is 1.42. The summed E-state index contributed by atoms with van der Waals surface area (Å²) in [5.41, 5.74) is 1.15. The molecule has 0 spiro atoms. The van der Waals surface area contributed by atoms with E-state index in [0.29, 0.717) is 17.7 Å². The van der Waals surface area contributed by atoms with Crippen molar-refractivity contribution in [1.29, 1.82) is 0 Å². The zero-order chi connectivity index (χ0) is 18.9. The summed E-state index contributed by atoms with van der Waals surface area (Å²) in [4.78, 5) is 38.9. The molecule has 0 bridgehead atoms. The number of rotatable bonds is 11. The standard InChI is InChI=1S/C21H29NO4/c1-3-4-5-6-7-8-9-14-19(24)22-17-13-11-10-12-16(17)20(21(22)25)18(23)15-26-2/h10-13,20H,3-9,14-15H2,1-2H3. The van der Waals surface area contributed by atoms with Crippen LogP contribution in [-0.4, -0.2) is 31.3 Å². The summed E-state index contributed by atoms with van der Waals surface area (Å²) in [5, 5.41) is 0. The van der Waals surface area contributed by atoms with Gasteiger partial charge in [-0.25, -0.2) is 4.90 Å². The van der Waals surface area contributed by atoms with Crippen LogP contribution >= 0.6 is 0 Å². The average Bonchev–Trinajstić information content (AvgIpc) is 2.93. The van der Waals surface area contributed by atoms with Crippen LogP contribution in [0.5, 0.6) is 0 Å². The molecule has 0 radical (unpaired) electrons. The van der Waals surface area contributed by atoms with Gasteiger partial charge in [-0.15, -0.1) is 0 Å². The first-order valence-corrected chi connectivity index (χ1v) is 9.59. The Morgan fingerprint density at radius 2 is 1.69 bits per heavy atom. The number of unbranched alkanes of at least 4 members (excludes halogenated alkanes) is 6. The molecule has 2 rings (SSSR count). The molecule has 26 heavy (non-hydrogen) atoms. The quantitative estimate of drug-likeness (QED) is 0.442. The minimum absolute atomic E-state index is 0.134. The second-order valence-electron chi connectivity index (χ2n) is 6.83. The van der Waals surface area contributed by atoms with Gasteiger partial charge in [0.25, 0.3) is 0 Å². The Labute approximate surface area is 155 Å². The van der Waals surface area contributed by atoms with Gasteiger partial charge in [0.15, 0.2) is 5.78 Å². The molecule has 0 saturated carbocycles. The number of benzene rings is 1. The summed E-state index contributed by atoms with van der Waals surface area (Å²) in [6, 6.07) is 7.04. The van der Waals surface area contributed by atoms with Crippen molar-refractivity contribution in [3.05, 3.63) is 29.8 Å². The maximum absolute atomic E-state index is 12.8. The number of carbonyl (C=O) groups excluding carboxylic acids is 3. The number of anilines is 1. The van der Waals surface area contributed by atoms with Gasteiger partial charge in [-0.3, -0.25) is 14.4 Å². The van der Waals surface area contributed by atoms with Crippen LogP contribution in [0.2, 0.25) is 0 Å². The predicted molar refractivity (Wildman–Crippen MR) is 101 cm³/mol. The molecule has 1 atom stereocenters. The largest absolute Gasteiger partial charge is 0.377 e. The molecular weight excluding hydrogens is 330 g/mol. The molecule has 2 amide bonds. The number of imide groups is 1. The first-order valence-electron chi connectivity index (χ1n) is 9.59. The number of ether oxygens (including phenoxy) is 1. The summed E-state index contributed by atoms with van der Waals surface area (Å²) in [6.07, 6.45) is 8.13. The second-order valence-corrected chi connectivity index (χ2v) is 6.83. The van der Waals surface area contributed by atoms with Gasteiger partial charge in [0, 0.05) is 13.5 Å². The highest BCUT2D eigenvalue weighted by atomic mass is 16.5. The third-order valence-electron chi connectivity index (χ3n) is 4.81. The first kappa shape index (κ1) is 20.3. The fraction of sp³-hybridized carbons (Fsp3) is 0.571. The molecule has 1 aromatic carbocycles. The summed E-state index contributed by atoms with van der Waals surface area (Å²) in [6.45, 7) is 2.05. The Kier molecular flexibility index (Phi) is 7.98. The van der Waals surface area contributed by atoms with Crippen molar-refractivity contribution in [2.45, 2.75) is 64.2 Å². The highest BCUT2D eigenvalue weighted by Crippen LogP contribution is 2.38. The number of para-hydroxylation sites is 1. The lowest BCUT2D eigenvalue weighted by molar-refractivity contribution is -0.132. The maximum Gasteiger partial charge on any atom is 0.249 e. The lowest BCUT2D eigenvalue weighted by Gasteiger charge is -2.16. The van der Waals surface area contributed by atoms with Crippen LogP contribution < -0.4 is 4.90 Å². The summed E-state index contributed by atoms with van der Waals surface area (Å²) >= 11 is 0. The average molecular weight is 359 g/mol. The topological polar surface area (TPSA) is 63.7 Å². The number of hydrogen-bond donors (Lipinski definition) is 0. The number of Topliss-reactive ketones (excluding diaryl/α,β-unsaturated/α-hetero) is 1. The van der Waals surface area contributed by atoms with Crippen LogP contribution in [0.3, 0.4) is 0 Å². The van der Waals surface area contributed by atoms with E-state index in [4.69, 9.17) is 4.74 Å². The number of fused-ring (bicyclic) bond motifs is 1. The van der Waals surface area contributed by atoms with E-state index in [1.165, 1.54) is 37.7 Å². The van der Waals surface area contributed by atoms with E-state index in [-0.39, 0.29) is 18.3 Å². The number of carbonyl (C=O) groups is 3. The Morgan fingerprint density at radius 3 is 2.38 bits per heavy atom. The minimum atomic E-state index is -0.927. The Bertz CT molecular complexity index is 641. The lowest BCUT2D eigenvalue weighted by atomic mass is 9.97. The van der Waals surface area contributed by atoms with E-state index >= 15 is 0 Å². The SMILES string of the molecule is CCCCCCCCCC(=O)N1C(=O)C(C(=O)COC)c2ccccc21. The molecule has 1 aliphatic heterocycles. The van der Waals surface area contributed by atoms with Gasteiger partial charge >= 0.3 is 0 Å². The van der Waals surface area contributed by atoms with Crippen LogP contribution in [0.1, 0.15) is 69.8 Å². The number of amides is 2. The molecule has 0 aromatic heterocycles. The van der Waals surface area contributed by atoms with Crippen molar-refractivity contribution in [2.24, 2.45) is 0 Å². The third kappa shape index (κ3) is 4.79. The molecule has 1 unspecified atom stereocenters. The Hall–Kier alpha value is -2.01. The number of ketones is 1. The molecule has 1 aromatic rings. The van der Waals surface area contributed by atoms with Gasteiger partial charge in [-0.1, -0.05) is 63.6 Å². The van der Waals surface area contributed by atoms with Crippen molar-refractivity contribution in [3.8, 4) is 0 Å². The van der Waals surface area contributed by atoms with E-state index in [1.807, 2.05) is 0 Å². The van der Waals surface area contributed by atoms with Gasteiger partial charge in [0.05, 0.1) is 5.69 Å². The second kappa shape index (κ2) is 10.2. The molecule has 0 N–H and O–H groups in total. The molecule has 0 fully saturated rings. The van der Waals surface area contributed by atoms with E-state index in [1.54, 1.807) is 24.3 Å². The maximum atomic E-state index is 12.8. The van der Waals surface area contributed by atoms with Crippen molar-refractivity contribution >= 4 is 23.3 Å². The van der Waals surface area contributed by atoms with Gasteiger partial charge in [-0.05, 0) is 18.1 Å². The van der Waals surface area contributed by atoms with Crippen molar-refractivity contribution in [1.82, 2.24) is 0 Å². The number of methoxy groups -OCH3 is 1. The summed E-state index contributed by atoms with van der Waals surface area (Å²) < 4.78 is 4.89. The fourth-order valence-corrected chi connectivity index (χ4v) is 3.46. The molecule has 0 aliphatic carbocycles. The van der Waals surface area contributed by atoms with Crippen molar-refractivity contribution < 1.29 is 19.1 Å². The van der Waals surface area contributed by atoms with E-state index in [9.17, 15) is 14.4 Å². The van der Waals surface area contributed by atoms with Crippen LogP contribution in [-0.2, 0) is 19.1 Å². The number of nitrogens with zero attached hydrogens (tertiary/aromatic N) is 1. The molecule has 5 nitrogen and oxygen atoms in total. The number of hydrogen-bond acceptors (Lipinski definition) is 4. The van der Waals surface area contributed by atoms with Gasteiger partial charge in [0.2, 0.25) is 11.8 Å². The van der Waals surface area contributed by atoms with Crippen LogP contribution in [0.25, 0.3) is 0 Å². The molecule has 1 heterocycles. The molecule has 0 saturated heterocycles. The molecular formula is C21H29NO4. The van der Waals surface area contributed by atoms with Gasteiger partial charge < -0.3 is 4.74 Å². The fourth-order valence-electron chi connectivity index (χ4n) is 3.46. The minimum Gasteiger partial charge on any atom is -0.377 e. The van der Waals surface area contributed by atoms with Gasteiger partial charge in [-0.2, -0.15) is 0 Å². The van der Waals surface area contributed by atoms with Crippen molar-refractivity contribution in [3.63, 3.8) is 0 Å². The Morgan fingerprint density at radius 1 is 1.04 bits per heavy atom. The van der Waals surface area contributed by atoms with Crippen molar-refractivity contribution in [2.75, 3.05) is 18.6 Å². The van der Waals surface area contributed by atoms with E-state index < -0.39 is 11.8 Å². The first-order chi connectivity index (χ1) is 12.6. The zero-order valence-corrected chi connectivity index (χ0v) is 15.8. The van der Waals surface area contributed by atoms with Gasteiger partial charge in [0.1, 0.15) is 12.5 Å². The van der Waals surface area contributed by atoms with Crippen LogP contribution in [0.15, 0.2) is 24.3 Å². The summed E-state index contributed by atoms with van der Waals surface area (Å²) in [5.74, 6) is -1.90. The highest BCUT2D eigenvalue weighted by molar-refractivity contribution is 6.27. The predicted octanol–water partition coefficient (Wildman–Crippen LogP) is 4.00. The smallest absolute Gasteiger partial charge is 0.249 e. The van der Waals surface area contributed by atoms with Crippen LogP contribution in [0.4, 0.5) is 5.69 Å². The zero-order valence-electron chi connectivity index (χ0n) is 15.8. The normalized spacial score (nSPS) is 16.0. The monoisotopic (exact) mass is 359 g/mol. The third-order valence-corrected chi connectivity index (χ3v) is 4.81. The molecule has 1 aliphatic rings. The molecule has 142 valence electrons. The van der Waals surface area contributed by atoms with Crippen LogP contribution in [0, 0.1) is 0 Å². The molecule has 5 heteroatoms. The van der Waals surface area contributed by atoms with E-state index in [2.05, 4.69) is 6.92 Å².